The second-order valence-electron chi connectivity index (χ2n) is 4.69. The number of aromatic nitrogens is 3. The first-order valence-corrected chi connectivity index (χ1v) is 7.88. The molecule has 0 fully saturated rings. The number of hydrogen-bond acceptors (Lipinski definition) is 4. The van der Waals surface area contributed by atoms with Crippen molar-refractivity contribution < 1.29 is 4.79 Å². The van der Waals surface area contributed by atoms with E-state index < -0.39 is 0 Å². The van der Waals surface area contributed by atoms with Crippen molar-refractivity contribution in [3.8, 4) is 5.69 Å². The number of rotatable bonds is 4. The van der Waals surface area contributed by atoms with Gasteiger partial charge in [-0.25, -0.2) is 9.67 Å². The number of hydrogen-bond donors (Lipinski definition) is 1. The first-order valence-electron chi connectivity index (χ1n) is 6.62. The molecule has 1 aromatic carbocycles. The molecule has 0 spiro atoms. The van der Waals surface area contributed by atoms with Crippen LogP contribution in [0, 0.1) is 6.92 Å². The van der Waals surface area contributed by atoms with Crippen molar-refractivity contribution in [1.82, 2.24) is 14.8 Å². The van der Waals surface area contributed by atoms with Gasteiger partial charge in [-0.2, -0.15) is 5.10 Å². The van der Waals surface area contributed by atoms with Gasteiger partial charge in [-0.1, -0.05) is 11.6 Å². The van der Waals surface area contributed by atoms with E-state index in [0.29, 0.717) is 10.8 Å². The molecule has 0 radical (unpaired) electrons. The van der Waals surface area contributed by atoms with Gasteiger partial charge in [0.15, 0.2) is 0 Å². The Hall–Kier alpha value is -2.18. The number of nitrogens with zero attached hydrogens (tertiary/aromatic N) is 3. The quantitative estimate of drug-likeness (QED) is 0.795. The van der Waals surface area contributed by atoms with Gasteiger partial charge in [0.1, 0.15) is 5.82 Å². The van der Waals surface area contributed by atoms with E-state index >= 15 is 0 Å². The zero-order valence-corrected chi connectivity index (χ0v) is 13.4. The maximum Gasteiger partial charge on any atom is 0.231 e. The largest absolute Gasteiger partial charge is 0.310 e. The minimum absolute atomic E-state index is 0.124. The van der Waals surface area contributed by atoms with E-state index in [0.717, 1.165) is 16.4 Å². The summed E-state index contributed by atoms with van der Waals surface area (Å²) >= 11 is 7.42. The van der Waals surface area contributed by atoms with Gasteiger partial charge in [-0.15, -0.1) is 11.3 Å². The lowest BCUT2D eigenvalue weighted by Crippen LogP contribution is -2.17. The monoisotopic (exact) mass is 332 g/mol. The minimum atomic E-state index is -0.124. The van der Waals surface area contributed by atoms with Gasteiger partial charge in [-0.05, 0) is 31.2 Å². The molecular weight excluding hydrogens is 320 g/mol. The van der Waals surface area contributed by atoms with Crippen molar-refractivity contribution in [3.05, 3.63) is 57.6 Å². The Morgan fingerprint density at radius 2 is 2.09 bits per heavy atom. The Morgan fingerprint density at radius 1 is 1.32 bits per heavy atom. The van der Waals surface area contributed by atoms with Gasteiger partial charge in [0, 0.05) is 16.5 Å². The summed E-state index contributed by atoms with van der Waals surface area (Å²) in [5.74, 6) is 0.486. The molecule has 22 heavy (non-hydrogen) atoms. The van der Waals surface area contributed by atoms with Crippen LogP contribution >= 0.6 is 22.9 Å². The molecule has 0 atom stereocenters. The summed E-state index contributed by atoms with van der Waals surface area (Å²) in [7, 11) is 0. The van der Waals surface area contributed by atoms with Crippen molar-refractivity contribution in [2.24, 2.45) is 0 Å². The molecule has 112 valence electrons. The molecule has 5 nitrogen and oxygen atoms in total. The SMILES string of the molecule is Cc1nc(CC(=O)Nc2ccnn2-c2ccc(Cl)cc2)cs1. The summed E-state index contributed by atoms with van der Waals surface area (Å²) in [5.41, 5.74) is 1.60. The summed E-state index contributed by atoms with van der Waals surface area (Å²) < 4.78 is 1.65. The van der Waals surface area contributed by atoms with Crippen LogP contribution in [0.2, 0.25) is 5.02 Å². The van der Waals surface area contributed by atoms with Crippen molar-refractivity contribution >= 4 is 34.7 Å². The minimum Gasteiger partial charge on any atom is -0.310 e. The third-order valence-corrected chi connectivity index (χ3v) is 4.06. The smallest absolute Gasteiger partial charge is 0.231 e. The van der Waals surface area contributed by atoms with E-state index in [-0.39, 0.29) is 12.3 Å². The summed E-state index contributed by atoms with van der Waals surface area (Å²) in [6.07, 6.45) is 1.88. The Bertz CT molecular complexity index is 794. The maximum atomic E-state index is 12.1. The van der Waals surface area contributed by atoms with Crippen molar-refractivity contribution in [3.63, 3.8) is 0 Å². The normalized spacial score (nSPS) is 10.6. The Balaban J connectivity index is 1.74. The van der Waals surface area contributed by atoms with E-state index in [2.05, 4.69) is 15.4 Å². The second-order valence-corrected chi connectivity index (χ2v) is 6.19. The molecule has 0 saturated heterocycles. The van der Waals surface area contributed by atoms with Gasteiger partial charge in [-0.3, -0.25) is 4.79 Å². The molecule has 0 bridgehead atoms. The number of halogens is 1. The highest BCUT2D eigenvalue weighted by molar-refractivity contribution is 7.09. The average Bonchev–Trinajstić information content (AvgIpc) is 3.09. The molecule has 1 N–H and O–H groups in total. The van der Waals surface area contributed by atoms with Crippen LogP contribution in [0.5, 0.6) is 0 Å². The number of carbonyl (C=O) groups is 1. The van der Waals surface area contributed by atoms with Crippen molar-refractivity contribution in [2.75, 3.05) is 5.32 Å². The third kappa shape index (κ3) is 3.35. The number of benzene rings is 1. The van der Waals surface area contributed by atoms with Gasteiger partial charge in [0.05, 0.1) is 29.0 Å². The van der Waals surface area contributed by atoms with Crippen LogP contribution in [0.25, 0.3) is 5.69 Å². The highest BCUT2D eigenvalue weighted by Gasteiger charge is 2.11. The molecular formula is C15H13ClN4OS. The molecule has 0 aliphatic rings. The van der Waals surface area contributed by atoms with Gasteiger partial charge in [0.2, 0.25) is 5.91 Å². The van der Waals surface area contributed by atoms with E-state index in [1.807, 2.05) is 24.4 Å². The zero-order valence-electron chi connectivity index (χ0n) is 11.8. The molecule has 1 amide bonds. The van der Waals surface area contributed by atoms with Crippen LogP contribution in [0.4, 0.5) is 5.82 Å². The first kappa shape index (κ1) is 14.7. The lowest BCUT2D eigenvalue weighted by atomic mass is 10.3. The number of carbonyl (C=O) groups excluding carboxylic acids is 1. The van der Waals surface area contributed by atoms with E-state index in [1.165, 1.54) is 11.3 Å². The number of aryl methyl sites for hydroxylation is 1. The fourth-order valence-corrected chi connectivity index (χ4v) is 2.77. The predicted molar refractivity (Wildman–Crippen MR) is 87.8 cm³/mol. The first-order chi connectivity index (χ1) is 10.6. The van der Waals surface area contributed by atoms with Crippen LogP contribution in [0.15, 0.2) is 41.9 Å². The Morgan fingerprint density at radius 3 is 2.77 bits per heavy atom. The number of anilines is 1. The summed E-state index contributed by atoms with van der Waals surface area (Å²) in [4.78, 5) is 16.4. The Kier molecular flexibility index (Phi) is 4.22. The lowest BCUT2D eigenvalue weighted by molar-refractivity contribution is -0.115. The van der Waals surface area contributed by atoms with Gasteiger partial charge < -0.3 is 5.32 Å². The van der Waals surface area contributed by atoms with Gasteiger partial charge in [0.25, 0.3) is 0 Å². The zero-order chi connectivity index (χ0) is 15.5. The van der Waals surface area contributed by atoms with Crippen LogP contribution in [0.3, 0.4) is 0 Å². The van der Waals surface area contributed by atoms with E-state index in [9.17, 15) is 4.79 Å². The van der Waals surface area contributed by atoms with Gasteiger partial charge >= 0.3 is 0 Å². The average molecular weight is 333 g/mol. The number of amides is 1. The van der Waals surface area contributed by atoms with Crippen molar-refractivity contribution in [2.45, 2.75) is 13.3 Å². The number of nitrogens with one attached hydrogen (secondary N) is 1. The van der Waals surface area contributed by atoms with Crippen LogP contribution in [-0.4, -0.2) is 20.7 Å². The van der Waals surface area contributed by atoms with E-state index in [4.69, 9.17) is 11.6 Å². The highest BCUT2D eigenvalue weighted by atomic mass is 35.5. The molecule has 2 aromatic heterocycles. The topological polar surface area (TPSA) is 59.8 Å². The third-order valence-electron chi connectivity index (χ3n) is 2.99. The highest BCUT2D eigenvalue weighted by Crippen LogP contribution is 2.18. The molecule has 2 heterocycles. The molecule has 7 heteroatoms. The molecule has 3 aromatic rings. The second kappa shape index (κ2) is 6.29. The Labute approximate surface area is 136 Å². The maximum absolute atomic E-state index is 12.1. The summed E-state index contributed by atoms with van der Waals surface area (Å²) in [6, 6.07) is 8.99. The lowest BCUT2D eigenvalue weighted by Gasteiger charge is -2.08. The fourth-order valence-electron chi connectivity index (χ4n) is 2.03. The molecule has 0 aliphatic carbocycles. The number of thiazole rings is 1. The standard InChI is InChI=1S/C15H13ClN4OS/c1-10-18-12(9-22-10)8-15(21)19-14-6-7-17-20(14)13-4-2-11(16)3-5-13/h2-7,9H,8H2,1H3,(H,19,21). The molecule has 0 unspecified atom stereocenters. The van der Waals surface area contributed by atoms with Crippen molar-refractivity contribution in [1.29, 1.82) is 0 Å². The summed E-state index contributed by atoms with van der Waals surface area (Å²) in [5, 5.41) is 10.6. The molecule has 0 aliphatic heterocycles. The predicted octanol–water partition coefficient (Wildman–Crippen LogP) is 3.47. The molecule has 3 rings (SSSR count). The van der Waals surface area contributed by atoms with E-state index in [1.54, 1.807) is 29.1 Å². The summed E-state index contributed by atoms with van der Waals surface area (Å²) in [6.45, 7) is 1.92. The van der Waals surface area contributed by atoms with Crippen LogP contribution in [-0.2, 0) is 11.2 Å². The van der Waals surface area contributed by atoms with Crippen LogP contribution in [0.1, 0.15) is 10.7 Å². The van der Waals surface area contributed by atoms with Crippen LogP contribution < -0.4 is 5.32 Å². The molecule has 0 saturated carbocycles. The fraction of sp³-hybridized carbons (Fsp3) is 0.133.